The number of nitrogens with zero attached hydrogens (tertiary/aromatic N) is 1. The van der Waals surface area contributed by atoms with Gasteiger partial charge in [-0.3, -0.25) is 4.79 Å². The second-order valence-electron chi connectivity index (χ2n) is 6.00. The first-order valence-corrected chi connectivity index (χ1v) is 7.75. The Labute approximate surface area is 111 Å². The molecule has 1 aliphatic carbocycles. The van der Waals surface area contributed by atoms with Crippen LogP contribution in [0.25, 0.3) is 0 Å². The van der Waals surface area contributed by atoms with Gasteiger partial charge < -0.3 is 10.2 Å². The minimum atomic E-state index is 0.416. The number of amides is 1. The van der Waals surface area contributed by atoms with E-state index in [1.54, 1.807) is 0 Å². The number of hydrogen-bond donors (Lipinski definition) is 1. The lowest BCUT2D eigenvalue weighted by Crippen LogP contribution is -2.41. The van der Waals surface area contributed by atoms with Gasteiger partial charge >= 0.3 is 0 Å². The molecule has 1 saturated heterocycles. The molecule has 3 nitrogen and oxygen atoms in total. The van der Waals surface area contributed by atoms with E-state index in [-0.39, 0.29) is 0 Å². The predicted molar refractivity (Wildman–Crippen MR) is 74.5 cm³/mol. The molecule has 0 aromatic carbocycles. The molecule has 0 aromatic heterocycles. The van der Waals surface area contributed by atoms with E-state index >= 15 is 0 Å². The quantitative estimate of drug-likeness (QED) is 0.780. The van der Waals surface area contributed by atoms with Crippen molar-refractivity contribution in [1.29, 1.82) is 0 Å². The maximum Gasteiger partial charge on any atom is 0.223 e. The summed E-state index contributed by atoms with van der Waals surface area (Å²) in [6.45, 7) is 1.94. The average molecular weight is 252 g/mol. The first kappa shape index (κ1) is 13.9. The van der Waals surface area contributed by atoms with Crippen LogP contribution in [0.4, 0.5) is 0 Å². The molecule has 0 radical (unpaired) electrons. The Morgan fingerprint density at radius 3 is 2.50 bits per heavy atom. The highest BCUT2D eigenvalue weighted by atomic mass is 16.2. The molecular weight excluding hydrogens is 224 g/mol. The molecule has 1 amide bonds. The first-order valence-electron chi connectivity index (χ1n) is 7.75. The van der Waals surface area contributed by atoms with Crippen LogP contribution in [0, 0.1) is 5.92 Å². The summed E-state index contributed by atoms with van der Waals surface area (Å²) in [6.07, 6.45) is 11.1. The van der Waals surface area contributed by atoms with E-state index in [0.29, 0.717) is 17.9 Å². The van der Waals surface area contributed by atoms with Crippen molar-refractivity contribution in [3.8, 4) is 0 Å². The molecular formula is C15H28N2O. The van der Waals surface area contributed by atoms with Crippen LogP contribution >= 0.6 is 0 Å². The molecule has 1 saturated carbocycles. The third-order valence-corrected chi connectivity index (χ3v) is 4.58. The van der Waals surface area contributed by atoms with Gasteiger partial charge in [-0.2, -0.15) is 0 Å². The normalized spacial score (nSPS) is 26.3. The number of nitrogens with one attached hydrogen (secondary N) is 1. The summed E-state index contributed by atoms with van der Waals surface area (Å²) in [5.41, 5.74) is 0. The summed E-state index contributed by atoms with van der Waals surface area (Å²) in [5.74, 6) is 1.08. The van der Waals surface area contributed by atoms with Crippen molar-refractivity contribution >= 4 is 5.91 Å². The zero-order chi connectivity index (χ0) is 12.8. The van der Waals surface area contributed by atoms with E-state index in [1.165, 1.54) is 51.4 Å². The molecule has 0 spiro atoms. The number of likely N-dealkylation sites (N-methyl/N-ethyl adjacent to an activating group) is 1. The second kappa shape index (κ2) is 7.13. The molecule has 1 heterocycles. The Hall–Kier alpha value is -0.570. The fourth-order valence-corrected chi connectivity index (χ4v) is 3.54. The van der Waals surface area contributed by atoms with Crippen LogP contribution in [-0.2, 0) is 4.79 Å². The molecule has 2 rings (SSSR count). The van der Waals surface area contributed by atoms with Crippen molar-refractivity contribution < 1.29 is 4.79 Å². The summed E-state index contributed by atoms with van der Waals surface area (Å²) in [4.78, 5) is 14.5. The summed E-state index contributed by atoms with van der Waals surface area (Å²) >= 11 is 0. The Kier molecular flexibility index (Phi) is 5.48. The molecule has 104 valence electrons. The standard InChI is InChI=1S/C15H28N2O/c1-16-12-14-9-6-10-17(14)15(18)11-13-7-4-2-3-5-8-13/h13-14,16H,2-12H2,1H3. The van der Waals surface area contributed by atoms with E-state index < -0.39 is 0 Å². The van der Waals surface area contributed by atoms with Gasteiger partial charge in [-0.25, -0.2) is 0 Å². The molecule has 0 bridgehead atoms. The monoisotopic (exact) mass is 252 g/mol. The van der Waals surface area contributed by atoms with Gasteiger partial charge in [-0.1, -0.05) is 25.7 Å². The Morgan fingerprint density at radius 1 is 1.11 bits per heavy atom. The molecule has 1 aliphatic heterocycles. The topological polar surface area (TPSA) is 32.3 Å². The van der Waals surface area contributed by atoms with Crippen molar-refractivity contribution in [2.75, 3.05) is 20.1 Å². The van der Waals surface area contributed by atoms with Crippen molar-refractivity contribution in [2.45, 2.75) is 63.8 Å². The van der Waals surface area contributed by atoms with Crippen LogP contribution in [0.1, 0.15) is 57.8 Å². The first-order chi connectivity index (χ1) is 8.81. The maximum atomic E-state index is 12.4. The van der Waals surface area contributed by atoms with Crippen LogP contribution in [-0.4, -0.2) is 37.0 Å². The van der Waals surface area contributed by atoms with E-state index in [0.717, 1.165) is 19.5 Å². The van der Waals surface area contributed by atoms with Gasteiger partial charge in [0.15, 0.2) is 0 Å². The number of carbonyl (C=O) groups excluding carboxylic acids is 1. The van der Waals surface area contributed by atoms with Crippen LogP contribution in [0.2, 0.25) is 0 Å². The van der Waals surface area contributed by atoms with Gasteiger partial charge in [0, 0.05) is 25.6 Å². The zero-order valence-corrected chi connectivity index (χ0v) is 11.8. The van der Waals surface area contributed by atoms with E-state index in [2.05, 4.69) is 10.2 Å². The highest BCUT2D eigenvalue weighted by Crippen LogP contribution is 2.27. The number of carbonyl (C=O) groups is 1. The lowest BCUT2D eigenvalue weighted by molar-refractivity contribution is -0.133. The molecule has 2 fully saturated rings. The predicted octanol–water partition coefficient (Wildman–Crippen LogP) is 2.56. The van der Waals surface area contributed by atoms with E-state index in [1.807, 2.05) is 7.05 Å². The highest BCUT2D eigenvalue weighted by Gasteiger charge is 2.29. The largest absolute Gasteiger partial charge is 0.338 e. The third kappa shape index (κ3) is 3.71. The van der Waals surface area contributed by atoms with Crippen LogP contribution in [0.15, 0.2) is 0 Å². The molecule has 1 unspecified atom stereocenters. The van der Waals surface area contributed by atoms with Crippen molar-refractivity contribution in [3.63, 3.8) is 0 Å². The fraction of sp³-hybridized carbons (Fsp3) is 0.933. The molecule has 0 aromatic rings. The zero-order valence-electron chi connectivity index (χ0n) is 11.8. The molecule has 3 heteroatoms. The minimum Gasteiger partial charge on any atom is -0.338 e. The SMILES string of the molecule is CNCC1CCCN1C(=O)CC1CCCCCC1. The molecule has 1 N–H and O–H groups in total. The van der Waals surface area contributed by atoms with Gasteiger partial charge in [0.05, 0.1) is 0 Å². The van der Waals surface area contributed by atoms with Gasteiger partial charge in [0.2, 0.25) is 5.91 Å². The Balaban J connectivity index is 1.82. The van der Waals surface area contributed by atoms with Crippen LogP contribution in [0.5, 0.6) is 0 Å². The summed E-state index contributed by atoms with van der Waals surface area (Å²) in [5, 5.41) is 3.21. The van der Waals surface area contributed by atoms with Crippen molar-refractivity contribution in [2.24, 2.45) is 5.92 Å². The van der Waals surface area contributed by atoms with E-state index in [4.69, 9.17) is 0 Å². The highest BCUT2D eigenvalue weighted by molar-refractivity contribution is 5.77. The van der Waals surface area contributed by atoms with Gasteiger partial charge in [0.1, 0.15) is 0 Å². The van der Waals surface area contributed by atoms with Gasteiger partial charge in [-0.05, 0) is 38.6 Å². The van der Waals surface area contributed by atoms with Crippen LogP contribution in [0.3, 0.4) is 0 Å². The van der Waals surface area contributed by atoms with Crippen LogP contribution < -0.4 is 5.32 Å². The third-order valence-electron chi connectivity index (χ3n) is 4.58. The maximum absolute atomic E-state index is 12.4. The summed E-state index contributed by atoms with van der Waals surface area (Å²) < 4.78 is 0. The summed E-state index contributed by atoms with van der Waals surface area (Å²) in [7, 11) is 1.98. The molecule has 18 heavy (non-hydrogen) atoms. The summed E-state index contributed by atoms with van der Waals surface area (Å²) in [6, 6.07) is 0.452. The lowest BCUT2D eigenvalue weighted by Gasteiger charge is -2.26. The lowest BCUT2D eigenvalue weighted by atomic mass is 9.96. The van der Waals surface area contributed by atoms with Gasteiger partial charge in [-0.15, -0.1) is 0 Å². The van der Waals surface area contributed by atoms with Gasteiger partial charge in [0.25, 0.3) is 0 Å². The average Bonchev–Trinajstić information content (AvgIpc) is 2.67. The Morgan fingerprint density at radius 2 is 1.83 bits per heavy atom. The number of likely N-dealkylation sites (tertiary alicyclic amines) is 1. The molecule has 2 aliphatic rings. The minimum absolute atomic E-state index is 0.416. The fourth-order valence-electron chi connectivity index (χ4n) is 3.54. The van der Waals surface area contributed by atoms with Crippen molar-refractivity contribution in [3.05, 3.63) is 0 Å². The second-order valence-corrected chi connectivity index (χ2v) is 6.00. The van der Waals surface area contributed by atoms with E-state index in [9.17, 15) is 4.79 Å². The number of rotatable bonds is 4. The smallest absolute Gasteiger partial charge is 0.223 e. The van der Waals surface area contributed by atoms with Crippen molar-refractivity contribution in [1.82, 2.24) is 10.2 Å². The molecule has 1 atom stereocenters. The number of hydrogen-bond acceptors (Lipinski definition) is 2. The Bertz CT molecular complexity index is 259.